The zero-order valence-electron chi connectivity index (χ0n) is 13.2. The molecule has 0 spiro atoms. The number of nitrogens with zero attached hydrogens (tertiary/aromatic N) is 3. The Bertz CT molecular complexity index is 502. The van der Waals surface area contributed by atoms with Gasteiger partial charge in [-0.15, -0.1) is 0 Å². The van der Waals surface area contributed by atoms with Gasteiger partial charge in [0, 0.05) is 25.6 Å². The lowest BCUT2D eigenvalue weighted by atomic mass is 9.85. The summed E-state index contributed by atoms with van der Waals surface area (Å²) in [6.45, 7) is 2.06. The molecule has 3 rings (SSSR count). The van der Waals surface area contributed by atoms with Crippen LogP contribution < -0.4 is 0 Å². The largest absolute Gasteiger partial charge is 0.392 e. The molecule has 0 aliphatic carbocycles. The number of hydrogen-bond acceptors (Lipinski definition) is 3. The van der Waals surface area contributed by atoms with Crippen molar-refractivity contribution in [1.82, 2.24) is 14.7 Å². The second kappa shape index (κ2) is 5.90. The molecule has 1 N–H and O–H groups in total. The van der Waals surface area contributed by atoms with E-state index in [0.29, 0.717) is 24.4 Å². The minimum atomic E-state index is -0.306. The summed E-state index contributed by atoms with van der Waals surface area (Å²) in [6, 6.07) is 1.33. The molecule has 2 fully saturated rings. The summed E-state index contributed by atoms with van der Waals surface area (Å²) in [7, 11) is 4.15. The fraction of sp³-hybridized carbons (Fsp3) is 0.812. The van der Waals surface area contributed by atoms with E-state index in [2.05, 4.69) is 24.0 Å². The van der Waals surface area contributed by atoms with Gasteiger partial charge in [-0.05, 0) is 45.1 Å². The Balaban J connectivity index is 1.70. The second-order valence-electron chi connectivity index (χ2n) is 6.74. The normalized spacial score (nSPS) is 30.8. The Kier molecular flexibility index (Phi) is 4.30. The lowest BCUT2D eigenvalue weighted by molar-refractivity contribution is 0.0358. The molecule has 118 valence electrons. The maximum absolute atomic E-state index is 10.7. The van der Waals surface area contributed by atoms with Crippen LogP contribution in [0.3, 0.4) is 0 Å². The van der Waals surface area contributed by atoms with Crippen LogP contribution in [0.25, 0.3) is 0 Å². The van der Waals surface area contributed by atoms with Gasteiger partial charge in [0.25, 0.3) is 0 Å². The summed E-state index contributed by atoms with van der Waals surface area (Å²) in [6.07, 6.45) is 5.96. The van der Waals surface area contributed by atoms with Gasteiger partial charge in [0.05, 0.1) is 22.5 Å². The van der Waals surface area contributed by atoms with Gasteiger partial charge in [-0.2, -0.15) is 5.10 Å². The number of halogens is 1. The number of rotatable bonds is 4. The molecule has 2 aliphatic rings. The van der Waals surface area contributed by atoms with Crippen LogP contribution in [0.15, 0.2) is 0 Å². The third-order valence-corrected chi connectivity index (χ3v) is 6.02. The van der Waals surface area contributed by atoms with Crippen molar-refractivity contribution in [2.45, 2.75) is 63.6 Å². The van der Waals surface area contributed by atoms with Crippen molar-refractivity contribution < 1.29 is 5.11 Å². The topological polar surface area (TPSA) is 41.3 Å². The minimum absolute atomic E-state index is 0.306. The first-order valence-electron chi connectivity index (χ1n) is 8.11. The van der Waals surface area contributed by atoms with Gasteiger partial charge in [0.2, 0.25) is 0 Å². The van der Waals surface area contributed by atoms with Crippen LogP contribution in [-0.4, -0.2) is 45.0 Å². The lowest BCUT2D eigenvalue weighted by Gasteiger charge is -2.38. The fourth-order valence-corrected chi connectivity index (χ4v) is 4.54. The molecule has 4 nitrogen and oxygen atoms in total. The van der Waals surface area contributed by atoms with Crippen molar-refractivity contribution >= 4 is 11.6 Å². The Morgan fingerprint density at radius 2 is 1.90 bits per heavy atom. The summed E-state index contributed by atoms with van der Waals surface area (Å²) in [5.74, 6) is 0.398. The summed E-state index contributed by atoms with van der Waals surface area (Å²) in [5, 5.41) is 15.9. The van der Waals surface area contributed by atoms with E-state index in [0.717, 1.165) is 35.7 Å². The summed E-state index contributed by atoms with van der Waals surface area (Å²) in [4.78, 5) is 2.51. The number of fused-ring (bicyclic) bond motifs is 2. The number of piperidine rings is 1. The molecule has 2 bridgehead atoms. The van der Waals surface area contributed by atoms with Crippen LogP contribution in [0.4, 0.5) is 0 Å². The molecular weight excluding hydrogens is 286 g/mol. The third kappa shape index (κ3) is 2.73. The van der Waals surface area contributed by atoms with Crippen molar-refractivity contribution in [1.29, 1.82) is 0 Å². The van der Waals surface area contributed by atoms with E-state index in [1.165, 1.54) is 12.8 Å². The van der Waals surface area contributed by atoms with Crippen LogP contribution in [-0.2, 0) is 19.9 Å². The summed E-state index contributed by atoms with van der Waals surface area (Å²) in [5.41, 5.74) is 1.91. The van der Waals surface area contributed by atoms with Crippen LogP contribution in [0.1, 0.15) is 44.0 Å². The molecule has 2 aliphatic heterocycles. The summed E-state index contributed by atoms with van der Waals surface area (Å²) >= 11 is 6.40. The maximum Gasteiger partial charge on any atom is 0.0850 e. The van der Waals surface area contributed by atoms with Gasteiger partial charge in [-0.3, -0.25) is 4.68 Å². The highest BCUT2D eigenvalue weighted by Crippen LogP contribution is 2.39. The Hall–Kier alpha value is -0.580. The molecule has 5 heteroatoms. The first kappa shape index (κ1) is 15.3. The molecule has 21 heavy (non-hydrogen) atoms. The van der Waals surface area contributed by atoms with Crippen LogP contribution in [0.2, 0.25) is 5.02 Å². The van der Waals surface area contributed by atoms with E-state index in [4.69, 9.17) is 11.6 Å². The number of aromatic nitrogens is 2. The van der Waals surface area contributed by atoms with Crippen molar-refractivity contribution in [2.24, 2.45) is 13.0 Å². The Morgan fingerprint density at radius 3 is 2.43 bits per heavy atom. The summed E-state index contributed by atoms with van der Waals surface area (Å²) < 4.78 is 1.84. The number of hydrogen-bond donors (Lipinski definition) is 1. The van der Waals surface area contributed by atoms with Crippen molar-refractivity contribution in [3.05, 3.63) is 16.4 Å². The molecule has 0 saturated carbocycles. The average Bonchev–Trinajstić information content (AvgIpc) is 2.84. The molecule has 0 aromatic carbocycles. The number of aryl methyl sites for hydroxylation is 2. The van der Waals surface area contributed by atoms with Gasteiger partial charge >= 0.3 is 0 Å². The van der Waals surface area contributed by atoms with Crippen LogP contribution in [0.5, 0.6) is 0 Å². The fourth-order valence-electron chi connectivity index (χ4n) is 4.17. The highest BCUT2D eigenvalue weighted by atomic mass is 35.5. The zero-order valence-corrected chi connectivity index (χ0v) is 14.0. The number of aliphatic hydroxyl groups is 1. The quantitative estimate of drug-likeness (QED) is 0.928. The molecule has 0 radical (unpaired) electrons. The Morgan fingerprint density at radius 1 is 1.29 bits per heavy atom. The van der Waals surface area contributed by atoms with E-state index < -0.39 is 0 Å². The first-order chi connectivity index (χ1) is 10.0. The van der Waals surface area contributed by atoms with E-state index in [1.807, 2.05) is 11.7 Å². The third-order valence-electron chi connectivity index (χ3n) is 5.58. The molecule has 3 unspecified atom stereocenters. The smallest absolute Gasteiger partial charge is 0.0850 e. The molecule has 2 saturated heterocycles. The van der Waals surface area contributed by atoms with Crippen molar-refractivity contribution in [2.75, 3.05) is 7.05 Å². The van der Waals surface area contributed by atoms with E-state index >= 15 is 0 Å². The second-order valence-corrected chi connectivity index (χ2v) is 7.12. The average molecular weight is 312 g/mol. The van der Waals surface area contributed by atoms with Gasteiger partial charge < -0.3 is 10.0 Å². The molecular formula is C16H26ClN3O. The van der Waals surface area contributed by atoms with E-state index in [9.17, 15) is 5.11 Å². The van der Waals surface area contributed by atoms with Gasteiger partial charge in [0.15, 0.2) is 0 Å². The highest BCUT2D eigenvalue weighted by molar-refractivity contribution is 6.31. The SMILES string of the molecule is CCc1nn(C)c(CC(O)C2CC3CCC(C2)N3C)c1Cl. The highest BCUT2D eigenvalue weighted by Gasteiger charge is 2.40. The van der Waals surface area contributed by atoms with Gasteiger partial charge in [-0.1, -0.05) is 18.5 Å². The Labute approximate surface area is 132 Å². The van der Waals surface area contributed by atoms with Crippen LogP contribution >= 0.6 is 11.6 Å². The van der Waals surface area contributed by atoms with Crippen molar-refractivity contribution in [3.8, 4) is 0 Å². The van der Waals surface area contributed by atoms with Gasteiger partial charge in [-0.25, -0.2) is 0 Å². The standard InChI is InChI=1S/C16H26ClN3O/c1-4-13-16(17)14(20(3)18-13)9-15(21)10-7-11-5-6-12(8-10)19(11)2/h10-12,15,21H,4-9H2,1-3H3. The predicted octanol–water partition coefficient (Wildman–Crippen LogP) is 2.41. The zero-order chi connectivity index (χ0) is 15.1. The molecule has 1 aromatic rings. The maximum atomic E-state index is 10.7. The van der Waals surface area contributed by atoms with Crippen LogP contribution in [0, 0.1) is 5.92 Å². The molecule has 0 amide bonds. The minimum Gasteiger partial charge on any atom is -0.392 e. The van der Waals surface area contributed by atoms with Crippen molar-refractivity contribution in [3.63, 3.8) is 0 Å². The van der Waals surface area contributed by atoms with Gasteiger partial charge in [0.1, 0.15) is 0 Å². The van der Waals surface area contributed by atoms with E-state index in [-0.39, 0.29) is 6.10 Å². The number of aliphatic hydroxyl groups excluding tert-OH is 1. The monoisotopic (exact) mass is 311 g/mol. The van der Waals surface area contributed by atoms with E-state index in [1.54, 1.807) is 0 Å². The first-order valence-corrected chi connectivity index (χ1v) is 8.49. The molecule has 3 heterocycles. The molecule has 3 atom stereocenters. The predicted molar refractivity (Wildman–Crippen MR) is 84.6 cm³/mol. The molecule has 1 aromatic heterocycles. The lowest BCUT2D eigenvalue weighted by Crippen LogP contribution is -2.43.